The third-order valence-corrected chi connectivity index (χ3v) is 5.01. The topological polar surface area (TPSA) is 89.5 Å². The Bertz CT molecular complexity index is 935. The summed E-state index contributed by atoms with van der Waals surface area (Å²) in [7, 11) is 4.53. The number of ether oxygens (including phenoxy) is 3. The fourth-order valence-corrected chi connectivity index (χ4v) is 3.28. The van der Waals surface area contributed by atoms with Crippen molar-refractivity contribution >= 4 is 18.2 Å². The molecule has 0 spiro atoms. The summed E-state index contributed by atoms with van der Waals surface area (Å²) in [6, 6.07) is 12.6. The van der Waals surface area contributed by atoms with Crippen molar-refractivity contribution in [3.8, 4) is 17.2 Å². The largest absolute Gasteiger partial charge is 0.493 e. The molecule has 1 saturated heterocycles. The van der Waals surface area contributed by atoms with Crippen LogP contribution in [0.3, 0.4) is 0 Å². The summed E-state index contributed by atoms with van der Waals surface area (Å²) >= 11 is 0. The minimum atomic E-state index is -1.01. The summed E-state index contributed by atoms with van der Waals surface area (Å²) in [5.74, 6) is 0.944. The van der Waals surface area contributed by atoms with E-state index in [4.69, 9.17) is 14.2 Å². The number of nitrogens with zero attached hydrogens (tertiary/aromatic N) is 2. The molecule has 1 heterocycles. The Morgan fingerprint density at radius 1 is 1.03 bits per heavy atom. The molecule has 0 bridgehead atoms. The van der Waals surface area contributed by atoms with Crippen molar-refractivity contribution in [1.82, 2.24) is 10.3 Å². The Kier molecular flexibility index (Phi) is 6.25. The molecule has 2 aromatic carbocycles. The van der Waals surface area contributed by atoms with Gasteiger partial charge in [0.1, 0.15) is 5.54 Å². The van der Waals surface area contributed by atoms with Gasteiger partial charge in [0.2, 0.25) is 5.75 Å². The normalized spacial score (nSPS) is 18.6. The Morgan fingerprint density at radius 3 is 2.23 bits per heavy atom. The van der Waals surface area contributed by atoms with Gasteiger partial charge in [-0.25, -0.2) is 4.79 Å². The fourth-order valence-electron chi connectivity index (χ4n) is 3.28. The van der Waals surface area contributed by atoms with Crippen LogP contribution in [0.25, 0.3) is 0 Å². The number of nitrogens with one attached hydrogen (secondary N) is 1. The number of hydrogen-bond donors (Lipinski definition) is 1. The van der Waals surface area contributed by atoms with Gasteiger partial charge in [0, 0.05) is 5.56 Å². The second-order valence-corrected chi connectivity index (χ2v) is 7.07. The minimum Gasteiger partial charge on any atom is -0.493 e. The van der Waals surface area contributed by atoms with Crippen LogP contribution in [0.2, 0.25) is 0 Å². The van der Waals surface area contributed by atoms with E-state index in [1.807, 2.05) is 30.3 Å². The molecule has 0 radical (unpaired) electrons. The number of rotatable bonds is 8. The monoisotopic (exact) mass is 411 g/mol. The summed E-state index contributed by atoms with van der Waals surface area (Å²) in [4.78, 5) is 25.3. The maximum Gasteiger partial charge on any atom is 0.346 e. The first kappa shape index (κ1) is 21.2. The third-order valence-electron chi connectivity index (χ3n) is 5.01. The zero-order chi connectivity index (χ0) is 21.7. The molecule has 8 heteroatoms. The molecule has 0 aromatic heterocycles. The zero-order valence-electron chi connectivity index (χ0n) is 17.5. The number of hydrazone groups is 1. The Morgan fingerprint density at radius 2 is 1.67 bits per heavy atom. The first-order valence-corrected chi connectivity index (χ1v) is 9.46. The highest BCUT2D eigenvalue weighted by Crippen LogP contribution is 2.37. The van der Waals surface area contributed by atoms with Crippen LogP contribution in [0.4, 0.5) is 4.79 Å². The second-order valence-electron chi connectivity index (χ2n) is 7.07. The van der Waals surface area contributed by atoms with E-state index in [9.17, 15) is 9.59 Å². The van der Waals surface area contributed by atoms with E-state index in [0.717, 1.165) is 10.6 Å². The zero-order valence-corrected chi connectivity index (χ0v) is 17.5. The highest BCUT2D eigenvalue weighted by atomic mass is 16.5. The molecular weight excluding hydrogens is 386 g/mol. The van der Waals surface area contributed by atoms with Gasteiger partial charge in [-0.05, 0) is 37.5 Å². The highest BCUT2D eigenvalue weighted by Gasteiger charge is 2.47. The van der Waals surface area contributed by atoms with Gasteiger partial charge in [0.05, 0.1) is 27.5 Å². The van der Waals surface area contributed by atoms with Gasteiger partial charge in [-0.2, -0.15) is 5.10 Å². The van der Waals surface area contributed by atoms with E-state index in [-0.39, 0.29) is 0 Å². The number of benzene rings is 2. The Hall–Kier alpha value is -3.55. The van der Waals surface area contributed by atoms with Crippen LogP contribution in [0, 0.1) is 0 Å². The van der Waals surface area contributed by atoms with E-state index in [2.05, 4.69) is 10.4 Å². The lowest BCUT2D eigenvalue weighted by Gasteiger charge is -2.20. The van der Waals surface area contributed by atoms with Crippen LogP contribution in [-0.2, 0) is 11.2 Å². The predicted octanol–water partition coefficient (Wildman–Crippen LogP) is 2.99. The van der Waals surface area contributed by atoms with Crippen LogP contribution in [-0.4, -0.2) is 50.0 Å². The van der Waals surface area contributed by atoms with Crippen molar-refractivity contribution in [1.29, 1.82) is 0 Å². The average Bonchev–Trinajstić information content (AvgIpc) is 2.98. The number of methoxy groups -OCH3 is 3. The number of aryl methyl sites for hydroxylation is 1. The fraction of sp³-hybridized carbons (Fsp3) is 0.318. The van der Waals surface area contributed by atoms with Crippen molar-refractivity contribution in [3.63, 3.8) is 0 Å². The SMILES string of the molecule is COc1cc(/C=N\N2C(=O)N[C@](C)(CCc3ccccc3)C2=O)cc(OC)c1OC. The molecule has 1 aliphatic rings. The summed E-state index contributed by atoms with van der Waals surface area (Å²) in [6.07, 6.45) is 2.54. The van der Waals surface area contributed by atoms with Crippen LogP contribution in [0.15, 0.2) is 47.6 Å². The number of urea groups is 1. The third kappa shape index (κ3) is 4.22. The van der Waals surface area contributed by atoms with E-state index < -0.39 is 17.5 Å². The van der Waals surface area contributed by atoms with Crippen LogP contribution in [0.5, 0.6) is 17.2 Å². The van der Waals surface area contributed by atoms with E-state index >= 15 is 0 Å². The van der Waals surface area contributed by atoms with E-state index in [1.54, 1.807) is 19.1 Å². The summed E-state index contributed by atoms with van der Waals surface area (Å²) in [5.41, 5.74) is 0.669. The maximum absolute atomic E-state index is 12.9. The smallest absolute Gasteiger partial charge is 0.346 e. The van der Waals surface area contributed by atoms with Crippen LogP contribution >= 0.6 is 0 Å². The summed E-state index contributed by atoms with van der Waals surface area (Å²) in [5, 5.41) is 7.72. The van der Waals surface area contributed by atoms with Gasteiger partial charge < -0.3 is 19.5 Å². The molecule has 0 aliphatic carbocycles. The van der Waals surface area contributed by atoms with Crippen molar-refractivity contribution in [3.05, 3.63) is 53.6 Å². The predicted molar refractivity (Wildman–Crippen MR) is 112 cm³/mol. The molecule has 2 aromatic rings. The van der Waals surface area contributed by atoms with Gasteiger partial charge in [-0.1, -0.05) is 30.3 Å². The van der Waals surface area contributed by atoms with Crippen LogP contribution < -0.4 is 19.5 Å². The molecule has 1 atom stereocenters. The standard InChI is InChI=1S/C22H25N3O5/c1-22(11-10-15-8-6-5-7-9-15)20(26)25(21(27)24-22)23-14-16-12-17(28-2)19(30-4)18(13-16)29-3/h5-9,12-14H,10-11H2,1-4H3,(H,24,27)/b23-14-/t22-/m1/s1. The van der Waals surface area contributed by atoms with Crippen molar-refractivity contribution in [2.45, 2.75) is 25.3 Å². The molecule has 30 heavy (non-hydrogen) atoms. The molecule has 8 nitrogen and oxygen atoms in total. The van der Waals surface area contributed by atoms with Crippen molar-refractivity contribution < 1.29 is 23.8 Å². The van der Waals surface area contributed by atoms with E-state index in [1.165, 1.54) is 27.5 Å². The molecular formula is C22H25N3O5. The number of imide groups is 1. The molecule has 0 saturated carbocycles. The van der Waals surface area contributed by atoms with Crippen LogP contribution in [0.1, 0.15) is 24.5 Å². The molecule has 3 rings (SSSR count). The Balaban J connectivity index is 1.77. The lowest BCUT2D eigenvalue weighted by Crippen LogP contribution is -2.44. The molecule has 1 N–H and O–H groups in total. The number of amides is 3. The van der Waals surface area contributed by atoms with Gasteiger partial charge >= 0.3 is 6.03 Å². The quantitative estimate of drug-likeness (QED) is 0.533. The number of hydrogen-bond acceptors (Lipinski definition) is 6. The lowest BCUT2D eigenvalue weighted by atomic mass is 9.93. The number of carbonyl (C=O) groups excluding carboxylic acids is 2. The lowest BCUT2D eigenvalue weighted by molar-refractivity contribution is -0.130. The Labute approximate surface area is 175 Å². The molecule has 0 unspecified atom stereocenters. The van der Waals surface area contributed by atoms with Crippen molar-refractivity contribution in [2.24, 2.45) is 5.10 Å². The van der Waals surface area contributed by atoms with E-state index in [0.29, 0.717) is 35.7 Å². The summed E-state index contributed by atoms with van der Waals surface area (Å²) < 4.78 is 15.9. The first-order chi connectivity index (χ1) is 14.4. The van der Waals surface area contributed by atoms with Gasteiger partial charge in [0.25, 0.3) is 5.91 Å². The second kappa shape index (κ2) is 8.86. The van der Waals surface area contributed by atoms with Crippen molar-refractivity contribution in [2.75, 3.05) is 21.3 Å². The highest BCUT2D eigenvalue weighted by molar-refractivity contribution is 6.07. The maximum atomic E-state index is 12.9. The molecule has 3 amide bonds. The molecule has 1 aliphatic heterocycles. The molecule has 1 fully saturated rings. The van der Waals surface area contributed by atoms with Gasteiger partial charge in [0.15, 0.2) is 11.5 Å². The average molecular weight is 411 g/mol. The molecule has 158 valence electrons. The first-order valence-electron chi connectivity index (χ1n) is 9.46. The number of carbonyl (C=O) groups is 2. The van der Waals surface area contributed by atoms with Gasteiger partial charge in [-0.15, -0.1) is 5.01 Å². The minimum absolute atomic E-state index is 0.396. The summed E-state index contributed by atoms with van der Waals surface area (Å²) in [6.45, 7) is 1.71. The van der Waals surface area contributed by atoms with Gasteiger partial charge in [-0.3, -0.25) is 4.79 Å².